The number of carbonyl (C=O) groups is 1. The number of thioether (sulfide) groups is 1. The van der Waals surface area contributed by atoms with E-state index in [0.717, 1.165) is 37.0 Å². The van der Waals surface area contributed by atoms with Gasteiger partial charge in [-0.25, -0.2) is 8.78 Å². The first kappa shape index (κ1) is 18.9. The predicted molar refractivity (Wildman–Crippen MR) is 99.7 cm³/mol. The van der Waals surface area contributed by atoms with Crippen molar-refractivity contribution < 1.29 is 13.6 Å². The number of amides is 1. The van der Waals surface area contributed by atoms with E-state index in [9.17, 15) is 13.6 Å². The van der Waals surface area contributed by atoms with Gasteiger partial charge in [0.25, 0.3) is 0 Å². The van der Waals surface area contributed by atoms with Crippen LogP contribution in [0.1, 0.15) is 30.1 Å². The Hall–Kier alpha value is -1.92. The molecule has 0 aromatic heterocycles. The number of nitrogens with two attached hydrogens (primary N) is 1. The highest BCUT2D eigenvalue weighted by atomic mass is 32.2. The van der Waals surface area contributed by atoms with Crippen molar-refractivity contribution in [2.24, 2.45) is 11.7 Å². The molecule has 0 spiro atoms. The average molecular weight is 376 g/mol. The van der Waals surface area contributed by atoms with Gasteiger partial charge >= 0.3 is 0 Å². The lowest BCUT2D eigenvalue weighted by Gasteiger charge is -2.23. The minimum atomic E-state index is -0.916. The molecule has 6 heteroatoms. The number of carbonyl (C=O) groups excluding carboxylic acids is 1. The Labute approximate surface area is 156 Å². The van der Waals surface area contributed by atoms with E-state index in [2.05, 4.69) is 5.32 Å². The third kappa shape index (κ3) is 4.43. The van der Waals surface area contributed by atoms with Gasteiger partial charge in [-0.2, -0.15) is 0 Å². The lowest BCUT2D eigenvalue weighted by molar-refractivity contribution is -0.121. The summed E-state index contributed by atoms with van der Waals surface area (Å²) in [5.41, 5.74) is 6.63. The summed E-state index contributed by atoms with van der Waals surface area (Å²) in [6, 6.07) is 13.1. The van der Waals surface area contributed by atoms with Gasteiger partial charge < -0.3 is 11.1 Å². The number of hydrogen-bond donors (Lipinski definition) is 2. The number of nitrogens with one attached hydrogen (secondary N) is 1. The fraction of sp³-hybridized carbons (Fsp3) is 0.350. The molecule has 1 aliphatic carbocycles. The highest BCUT2D eigenvalue weighted by Crippen LogP contribution is 2.37. The molecule has 1 amide bonds. The zero-order chi connectivity index (χ0) is 18.5. The van der Waals surface area contributed by atoms with Crippen LogP contribution < -0.4 is 11.1 Å². The van der Waals surface area contributed by atoms with Crippen LogP contribution in [0.4, 0.5) is 8.78 Å². The predicted octanol–water partition coefficient (Wildman–Crippen LogP) is 4.04. The van der Waals surface area contributed by atoms with Crippen molar-refractivity contribution in [3.63, 3.8) is 0 Å². The zero-order valence-electron chi connectivity index (χ0n) is 14.3. The summed E-state index contributed by atoms with van der Waals surface area (Å²) in [5, 5.41) is 2.58. The van der Waals surface area contributed by atoms with Crippen LogP contribution in [0.3, 0.4) is 0 Å². The van der Waals surface area contributed by atoms with E-state index in [1.807, 2.05) is 30.3 Å². The third-order valence-corrected chi connectivity index (χ3v) is 6.02. The Morgan fingerprint density at radius 1 is 1.15 bits per heavy atom. The zero-order valence-corrected chi connectivity index (χ0v) is 15.1. The molecule has 3 atom stereocenters. The maximum absolute atomic E-state index is 13.6. The van der Waals surface area contributed by atoms with Crippen LogP contribution in [0.25, 0.3) is 0 Å². The van der Waals surface area contributed by atoms with E-state index in [4.69, 9.17) is 5.73 Å². The fourth-order valence-electron chi connectivity index (χ4n) is 3.35. The van der Waals surface area contributed by atoms with Crippen molar-refractivity contribution in [2.75, 3.05) is 6.54 Å². The van der Waals surface area contributed by atoms with E-state index in [1.165, 1.54) is 17.8 Å². The largest absolute Gasteiger partial charge is 0.352 e. The van der Waals surface area contributed by atoms with Gasteiger partial charge in [0.1, 0.15) is 5.25 Å². The van der Waals surface area contributed by atoms with Crippen molar-refractivity contribution in [1.82, 2.24) is 5.32 Å². The summed E-state index contributed by atoms with van der Waals surface area (Å²) in [7, 11) is 0. The van der Waals surface area contributed by atoms with Crippen LogP contribution in [-0.4, -0.2) is 18.5 Å². The van der Waals surface area contributed by atoms with Gasteiger partial charge in [-0.05, 0) is 49.1 Å². The third-order valence-electron chi connectivity index (χ3n) is 4.77. The second kappa shape index (κ2) is 8.64. The lowest BCUT2D eigenvalue weighted by atomic mass is 10.0. The van der Waals surface area contributed by atoms with Crippen molar-refractivity contribution in [1.29, 1.82) is 0 Å². The minimum Gasteiger partial charge on any atom is -0.352 e. The van der Waals surface area contributed by atoms with Gasteiger partial charge in [0, 0.05) is 10.9 Å². The molecule has 3 N–H and O–H groups in total. The average Bonchev–Trinajstić information content (AvgIpc) is 3.10. The molecule has 0 heterocycles. The van der Waals surface area contributed by atoms with Crippen molar-refractivity contribution in [3.8, 4) is 0 Å². The van der Waals surface area contributed by atoms with Crippen molar-refractivity contribution in [3.05, 3.63) is 65.7 Å². The molecular weight excluding hydrogens is 354 g/mol. The van der Waals surface area contributed by atoms with E-state index in [1.54, 1.807) is 0 Å². The molecule has 1 saturated carbocycles. The summed E-state index contributed by atoms with van der Waals surface area (Å²) < 4.78 is 26.7. The van der Waals surface area contributed by atoms with Crippen LogP contribution >= 0.6 is 11.8 Å². The Kier molecular flexibility index (Phi) is 6.27. The molecule has 0 aliphatic heterocycles. The standard InChI is InChI=1S/C20H22F2N2OS/c21-16-10-9-15(11-17(16)22)26-19(13-5-2-1-3-6-13)20(25)24-18-8-4-7-14(18)12-23/h1-3,5-6,9-11,14,18-19H,4,7-8,12,23H2,(H,24,25). The Morgan fingerprint density at radius 3 is 2.62 bits per heavy atom. The highest BCUT2D eigenvalue weighted by Gasteiger charge is 2.30. The molecule has 1 aliphatic rings. The molecule has 0 saturated heterocycles. The van der Waals surface area contributed by atoms with Crippen LogP contribution in [0.2, 0.25) is 0 Å². The molecule has 26 heavy (non-hydrogen) atoms. The Balaban J connectivity index is 1.81. The molecule has 3 nitrogen and oxygen atoms in total. The highest BCUT2D eigenvalue weighted by molar-refractivity contribution is 8.00. The topological polar surface area (TPSA) is 55.1 Å². The summed E-state index contributed by atoms with van der Waals surface area (Å²) in [6.45, 7) is 0.553. The van der Waals surface area contributed by atoms with E-state index in [-0.39, 0.29) is 11.9 Å². The summed E-state index contributed by atoms with van der Waals surface area (Å²) in [6.07, 6.45) is 3.00. The quantitative estimate of drug-likeness (QED) is 0.748. The molecule has 2 aromatic rings. The van der Waals surface area contributed by atoms with Crippen molar-refractivity contribution in [2.45, 2.75) is 35.4 Å². The van der Waals surface area contributed by atoms with Crippen LogP contribution in [0.15, 0.2) is 53.4 Å². The monoisotopic (exact) mass is 376 g/mol. The normalized spacial score (nSPS) is 20.7. The van der Waals surface area contributed by atoms with Gasteiger partial charge in [0.2, 0.25) is 5.91 Å². The molecule has 1 fully saturated rings. The molecular formula is C20H22F2N2OS. The number of hydrogen-bond acceptors (Lipinski definition) is 3. The second-order valence-electron chi connectivity index (χ2n) is 6.53. The van der Waals surface area contributed by atoms with Crippen LogP contribution in [-0.2, 0) is 4.79 Å². The van der Waals surface area contributed by atoms with Crippen LogP contribution in [0, 0.1) is 17.6 Å². The first-order valence-corrected chi connectivity index (χ1v) is 9.63. The summed E-state index contributed by atoms with van der Waals surface area (Å²) in [5.74, 6) is -1.65. The second-order valence-corrected chi connectivity index (χ2v) is 7.70. The molecule has 0 radical (unpaired) electrons. The minimum absolute atomic E-state index is 0.0734. The van der Waals surface area contributed by atoms with Gasteiger partial charge in [-0.3, -0.25) is 4.79 Å². The van der Waals surface area contributed by atoms with Crippen molar-refractivity contribution >= 4 is 17.7 Å². The van der Waals surface area contributed by atoms with Gasteiger partial charge in [0.15, 0.2) is 11.6 Å². The molecule has 3 unspecified atom stereocenters. The van der Waals surface area contributed by atoms with Crippen LogP contribution in [0.5, 0.6) is 0 Å². The molecule has 2 aromatic carbocycles. The SMILES string of the molecule is NCC1CCCC1NC(=O)C(Sc1ccc(F)c(F)c1)c1ccccc1. The Morgan fingerprint density at radius 2 is 1.92 bits per heavy atom. The summed E-state index contributed by atoms with van der Waals surface area (Å²) >= 11 is 1.22. The van der Waals surface area contributed by atoms with E-state index < -0.39 is 16.9 Å². The molecule has 138 valence electrons. The van der Waals surface area contributed by atoms with Gasteiger partial charge in [-0.1, -0.05) is 36.8 Å². The maximum Gasteiger partial charge on any atom is 0.238 e. The lowest BCUT2D eigenvalue weighted by Crippen LogP contribution is -2.41. The fourth-order valence-corrected chi connectivity index (χ4v) is 4.41. The smallest absolute Gasteiger partial charge is 0.238 e. The number of halogens is 2. The first-order valence-electron chi connectivity index (χ1n) is 8.75. The van der Waals surface area contributed by atoms with E-state index >= 15 is 0 Å². The number of benzene rings is 2. The van der Waals surface area contributed by atoms with E-state index in [0.29, 0.717) is 17.4 Å². The molecule has 0 bridgehead atoms. The first-order chi connectivity index (χ1) is 12.6. The number of rotatable bonds is 6. The van der Waals surface area contributed by atoms with Gasteiger partial charge in [0.05, 0.1) is 0 Å². The van der Waals surface area contributed by atoms with Gasteiger partial charge in [-0.15, -0.1) is 11.8 Å². The Bertz CT molecular complexity index is 757. The maximum atomic E-state index is 13.6. The molecule has 3 rings (SSSR count). The summed E-state index contributed by atoms with van der Waals surface area (Å²) in [4.78, 5) is 13.5.